The van der Waals surface area contributed by atoms with E-state index in [1.807, 2.05) is 42.5 Å². The van der Waals surface area contributed by atoms with Crippen LogP contribution in [0.25, 0.3) is 17.2 Å². The molecule has 1 unspecified atom stereocenters. The van der Waals surface area contributed by atoms with Crippen LogP contribution < -0.4 is 9.47 Å². The van der Waals surface area contributed by atoms with Crippen LogP contribution in [0.4, 0.5) is 4.39 Å². The van der Waals surface area contributed by atoms with Gasteiger partial charge in [-0.05, 0) is 53.3 Å². The van der Waals surface area contributed by atoms with Crippen molar-refractivity contribution in [2.45, 2.75) is 18.8 Å². The number of benzene rings is 3. The lowest BCUT2D eigenvalue weighted by Gasteiger charge is -2.18. The predicted octanol–water partition coefficient (Wildman–Crippen LogP) is 5.57. The molecule has 0 aromatic heterocycles. The Bertz CT molecular complexity index is 1300. The van der Waals surface area contributed by atoms with Crippen molar-refractivity contribution >= 4 is 18.0 Å². The summed E-state index contributed by atoms with van der Waals surface area (Å²) in [5.41, 5.74) is 2.68. The zero-order valence-corrected chi connectivity index (χ0v) is 21.3. The highest BCUT2D eigenvalue weighted by Crippen LogP contribution is 2.33. The van der Waals surface area contributed by atoms with Gasteiger partial charge in [0.25, 0.3) is 5.09 Å². The number of unbranched alkanes of at least 4 members (excludes halogenated alkanes) is 1. The molecular weight excluding hydrogens is 509 g/mol. The number of hydrogen-bond donors (Lipinski definition) is 0. The minimum atomic E-state index is -1.15. The van der Waals surface area contributed by atoms with E-state index < -0.39 is 29.6 Å². The molecule has 0 N–H and O–H groups in total. The zero-order valence-electron chi connectivity index (χ0n) is 21.3. The smallest absolute Gasteiger partial charge is 0.330 e. The Morgan fingerprint density at radius 2 is 1.69 bits per heavy atom. The lowest BCUT2D eigenvalue weighted by Crippen LogP contribution is -2.21. The molecule has 3 rings (SSSR count). The van der Waals surface area contributed by atoms with Gasteiger partial charge in [-0.15, -0.1) is 10.1 Å². The van der Waals surface area contributed by atoms with Crippen molar-refractivity contribution < 1.29 is 38.1 Å². The molecule has 9 nitrogen and oxygen atoms in total. The number of alkyl halides is 1. The molecule has 0 heterocycles. The number of nitrogens with zero attached hydrogens (tertiary/aromatic N) is 1. The van der Waals surface area contributed by atoms with E-state index >= 15 is 0 Å². The molecule has 0 saturated carbocycles. The summed E-state index contributed by atoms with van der Waals surface area (Å²) < 4.78 is 30.1. The molecule has 0 radical (unpaired) electrons. The monoisotopic (exact) mass is 537 g/mol. The summed E-state index contributed by atoms with van der Waals surface area (Å²) in [6.45, 7) is -0.926. The van der Waals surface area contributed by atoms with Crippen molar-refractivity contribution in [1.82, 2.24) is 0 Å². The minimum absolute atomic E-state index is 0.0667. The Kier molecular flexibility index (Phi) is 11.0. The quantitative estimate of drug-likeness (QED) is 0.0655. The summed E-state index contributed by atoms with van der Waals surface area (Å²) in [6.07, 6.45) is 3.49. The molecule has 0 amide bonds. The summed E-state index contributed by atoms with van der Waals surface area (Å²) in [7, 11) is 1.40. The van der Waals surface area contributed by atoms with E-state index in [-0.39, 0.29) is 24.7 Å². The van der Waals surface area contributed by atoms with Gasteiger partial charge in [-0.2, -0.15) is 0 Å². The van der Waals surface area contributed by atoms with Gasteiger partial charge in [0.15, 0.2) is 11.5 Å². The van der Waals surface area contributed by atoms with Gasteiger partial charge < -0.3 is 19.0 Å². The van der Waals surface area contributed by atoms with Crippen molar-refractivity contribution in [2.75, 3.05) is 27.0 Å². The first-order chi connectivity index (χ1) is 18.9. The third kappa shape index (κ3) is 8.67. The molecule has 0 bridgehead atoms. The lowest BCUT2D eigenvalue weighted by atomic mass is 9.91. The molecule has 10 heteroatoms. The maximum Gasteiger partial charge on any atom is 0.330 e. The molecule has 0 saturated heterocycles. The van der Waals surface area contributed by atoms with Gasteiger partial charge in [0.2, 0.25) is 0 Å². The molecule has 3 aromatic carbocycles. The van der Waals surface area contributed by atoms with E-state index in [9.17, 15) is 24.1 Å². The van der Waals surface area contributed by atoms with Crippen molar-refractivity contribution in [3.8, 4) is 22.6 Å². The van der Waals surface area contributed by atoms with E-state index in [0.717, 1.165) is 11.1 Å². The minimum Gasteiger partial charge on any atom is -0.493 e. The normalized spacial score (nSPS) is 11.5. The number of rotatable bonds is 14. The summed E-state index contributed by atoms with van der Waals surface area (Å²) in [4.78, 5) is 39.2. The van der Waals surface area contributed by atoms with Crippen LogP contribution in [-0.2, 0) is 19.2 Å². The van der Waals surface area contributed by atoms with Crippen molar-refractivity contribution in [1.29, 1.82) is 0 Å². The fourth-order valence-corrected chi connectivity index (χ4v) is 3.73. The Morgan fingerprint density at radius 3 is 2.41 bits per heavy atom. The highest BCUT2D eigenvalue weighted by atomic mass is 19.1. The number of ether oxygens (including phenoxy) is 3. The van der Waals surface area contributed by atoms with E-state index in [1.165, 1.54) is 25.3 Å². The lowest BCUT2D eigenvalue weighted by molar-refractivity contribution is -0.757. The number of carbonyl (C=O) groups is 2. The van der Waals surface area contributed by atoms with Crippen LogP contribution in [0, 0.1) is 10.1 Å². The summed E-state index contributed by atoms with van der Waals surface area (Å²) >= 11 is 0. The standard InChI is InChI=1S/C29H28FNO8/c1-36-27-19-21(14-16-28(32)37-17-7-8-18-38-31(34)35)13-15-26(27)39-29(33)25(20-30)24-12-6-5-11-23(24)22-9-3-2-4-10-22/h2-6,9-16,19,25H,7-8,17-18,20H2,1H3. The fourth-order valence-electron chi connectivity index (χ4n) is 3.73. The number of esters is 2. The van der Waals surface area contributed by atoms with Gasteiger partial charge >= 0.3 is 11.9 Å². The number of methoxy groups -OCH3 is 1. The van der Waals surface area contributed by atoms with Crippen LogP contribution in [0.2, 0.25) is 0 Å². The molecule has 39 heavy (non-hydrogen) atoms. The molecule has 0 spiro atoms. The highest BCUT2D eigenvalue weighted by molar-refractivity contribution is 5.87. The van der Waals surface area contributed by atoms with Crippen molar-refractivity contribution in [2.24, 2.45) is 0 Å². The second-order valence-electron chi connectivity index (χ2n) is 8.26. The molecule has 3 aromatic rings. The first-order valence-electron chi connectivity index (χ1n) is 12.1. The summed E-state index contributed by atoms with van der Waals surface area (Å²) in [5, 5.41) is 9.21. The van der Waals surface area contributed by atoms with Crippen LogP contribution >= 0.6 is 0 Å². The van der Waals surface area contributed by atoms with Gasteiger partial charge in [-0.3, -0.25) is 4.79 Å². The largest absolute Gasteiger partial charge is 0.493 e. The Labute approximate surface area is 224 Å². The Hall–Kier alpha value is -4.73. The van der Waals surface area contributed by atoms with E-state index in [1.54, 1.807) is 24.3 Å². The SMILES string of the molecule is COc1cc(C=CC(=O)OCCCCO[N+](=O)[O-])ccc1OC(=O)C(CF)c1ccccc1-c1ccccc1. The maximum atomic E-state index is 14.2. The fraction of sp³-hybridized carbons (Fsp3) is 0.241. The molecular formula is C29H28FNO8. The molecule has 0 aliphatic rings. The number of carbonyl (C=O) groups excluding carboxylic acids is 2. The second kappa shape index (κ2) is 14.9. The van der Waals surface area contributed by atoms with Gasteiger partial charge in [0, 0.05) is 6.08 Å². The molecule has 204 valence electrons. The first-order valence-corrected chi connectivity index (χ1v) is 12.1. The highest BCUT2D eigenvalue weighted by Gasteiger charge is 2.26. The average molecular weight is 538 g/mol. The van der Waals surface area contributed by atoms with Crippen LogP contribution in [0.1, 0.15) is 29.9 Å². The van der Waals surface area contributed by atoms with Crippen LogP contribution in [0.3, 0.4) is 0 Å². The maximum absolute atomic E-state index is 14.2. The van der Waals surface area contributed by atoms with Crippen LogP contribution in [-0.4, -0.2) is 44.0 Å². The molecule has 0 aliphatic heterocycles. The molecule has 0 aliphatic carbocycles. The predicted molar refractivity (Wildman–Crippen MR) is 141 cm³/mol. The van der Waals surface area contributed by atoms with Gasteiger partial charge in [0.1, 0.15) is 12.6 Å². The van der Waals surface area contributed by atoms with Crippen molar-refractivity contribution in [3.63, 3.8) is 0 Å². The topological polar surface area (TPSA) is 114 Å². The first kappa shape index (κ1) is 28.8. The number of hydrogen-bond acceptors (Lipinski definition) is 8. The third-order valence-electron chi connectivity index (χ3n) is 5.65. The summed E-state index contributed by atoms with van der Waals surface area (Å²) in [6, 6.07) is 21.2. The molecule has 1 atom stereocenters. The van der Waals surface area contributed by atoms with E-state index in [2.05, 4.69) is 4.84 Å². The molecule has 0 fully saturated rings. The second-order valence-corrected chi connectivity index (χ2v) is 8.26. The summed E-state index contributed by atoms with van der Waals surface area (Å²) in [5.74, 6) is -2.18. The Balaban J connectivity index is 1.64. The zero-order chi connectivity index (χ0) is 28.0. The van der Waals surface area contributed by atoms with Gasteiger partial charge in [0.05, 0.1) is 20.3 Å². The third-order valence-corrected chi connectivity index (χ3v) is 5.65. The van der Waals surface area contributed by atoms with Gasteiger partial charge in [-0.25, -0.2) is 9.18 Å². The van der Waals surface area contributed by atoms with Crippen LogP contribution in [0.5, 0.6) is 11.5 Å². The van der Waals surface area contributed by atoms with E-state index in [4.69, 9.17) is 14.2 Å². The average Bonchev–Trinajstić information content (AvgIpc) is 2.95. The van der Waals surface area contributed by atoms with E-state index in [0.29, 0.717) is 24.0 Å². The van der Waals surface area contributed by atoms with Gasteiger partial charge in [-0.1, -0.05) is 60.7 Å². The number of halogens is 1. The Morgan fingerprint density at radius 1 is 0.974 bits per heavy atom. The van der Waals surface area contributed by atoms with Crippen molar-refractivity contribution in [3.05, 3.63) is 100 Å². The van der Waals surface area contributed by atoms with Crippen LogP contribution in [0.15, 0.2) is 78.9 Å².